The summed E-state index contributed by atoms with van der Waals surface area (Å²) in [5.74, 6) is -0.547. The molecule has 9 nitrogen and oxygen atoms in total. The highest BCUT2D eigenvalue weighted by Gasteiger charge is 2.39. The smallest absolute Gasteiger partial charge is 0.418 e. The Kier molecular flexibility index (Phi) is 9.62. The molecule has 0 N–H and O–H groups in total. The number of esters is 1. The van der Waals surface area contributed by atoms with Crippen LogP contribution >= 0.6 is 0 Å². The summed E-state index contributed by atoms with van der Waals surface area (Å²) in [5, 5.41) is 0.720. The summed E-state index contributed by atoms with van der Waals surface area (Å²) in [6.45, 7) is 8.87. The van der Waals surface area contributed by atoms with Gasteiger partial charge in [0.05, 0.1) is 17.5 Å². The molecule has 3 aromatic carbocycles. The standard InChI is InChI=1S/C33H38N2O7S/c1-23(2)30(31(36)41-22-24-10-8-7-9-11-24)35(43(38,39)28-15-13-27(40-6)14-16-28)21-25-12-17-29-26(20-25)18-19-34(29)32(37)42-33(3,4)5/h7-20,23,30H,21-22H2,1-6H3. The Morgan fingerprint density at radius 2 is 1.58 bits per heavy atom. The minimum absolute atomic E-state index is 0.0173. The largest absolute Gasteiger partial charge is 0.497 e. The predicted molar refractivity (Wildman–Crippen MR) is 164 cm³/mol. The van der Waals surface area contributed by atoms with Gasteiger partial charge in [0.2, 0.25) is 10.0 Å². The van der Waals surface area contributed by atoms with Crippen molar-refractivity contribution in [3.63, 3.8) is 0 Å². The summed E-state index contributed by atoms with van der Waals surface area (Å²) in [5.41, 5.74) is 1.38. The molecule has 0 amide bonds. The Bertz CT molecular complexity index is 1670. The van der Waals surface area contributed by atoms with Crippen molar-refractivity contribution in [2.24, 2.45) is 5.92 Å². The minimum atomic E-state index is -4.18. The van der Waals surface area contributed by atoms with E-state index in [4.69, 9.17) is 14.2 Å². The summed E-state index contributed by atoms with van der Waals surface area (Å²) in [4.78, 5) is 26.3. The number of hydrogen-bond acceptors (Lipinski definition) is 7. The fourth-order valence-electron chi connectivity index (χ4n) is 4.69. The highest BCUT2D eigenvalue weighted by molar-refractivity contribution is 7.89. The molecule has 4 aromatic rings. The molecule has 228 valence electrons. The second-order valence-electron chi connectivity index (χ2n) is 11.6. The van der Waals surface area contributed by atoms with Crippen LogP contribution in [0.25, 0.3) is 10.9 Å². The molecule has 1 aromatic heterocycles. The van der Waals surface area contributed by atoms with Gasteiger partial charge in [0.15, 0.2) is 0 Å². The van der Waals surface area contributed by atoms with Gasteiger partial charge in [-0.3, -0.25) is 9.36 Å². The lowest BCUT2D eigenvalue weighted by molar-refractivity contribution is -0.151. The average Bonchev–Trinajstić information content (AvgIpc) is 3.39. The van der Waals surface area contributed by atoms with Crippen molar-refractivity contribution in [3.8, 4) is 5.75 Å². The minimum Gasteiger partial charge on any atom is -0.497 e. The number of carbonyl (C=O) groups is 2. The lowest BCUT2D eigenvalue weighted by Crippen LogP contribution is -2.48. The van der Waals surface area contributed by atoms with Crippen molar-refractivity contribution in [2.45, 2.75) is 64.3 Å². The third-order valence-electron chi connectivity index (χ3n) is 6.76. The van der Waals surface area contributed by atoms with Gasteiger partial charge in [0.25, 0.3) is 0 Å². The van der Waals surface area contributed by atoms with Gasteiger partial charge >= 0.3 is 12.1 Å². The maximum atomic E-state index is 14.2. The van der Waals surface area contributed by atoms with Gasteiger partial charge in [-0.25, -0.2) is 13.2 Å². The lowest BCUT2D eigenvalue weighted by atomic mass is 10.0. The molecule has 1 atom stereocenters. The Morgan fingerprint density at radius 3 is 2.19 bits per heavy atom. The quantitative estimate of drug-likeness (QED) is 0.193. The van der Waals surface area contributed by atoms with Crippen LogP contribution in [0, 0.1) is 5.92 Å². The number of sulfonamides is 1. The van der Waals surface area contributed by atoms with Crippen LogP contribution < -0.4 is 4.74 Å². The SMILES string of the molecule is COc1ccc(S(=O)(=O)N(Cc2ccc3c(ccn3C(=O)OC(C)(C)C)c2)C(C(=O)OCc2ccccc2)C(C)C)cc1. The molecule has 0 aliphatic rings. The summed E-state index contributed by atoms with van der Waals surface area (Å²) < 4.78 is 47.3. The van der Waals surface area contributed by atoms with Gasteiger partial charge in [-0.2, -0.15) is 4.31 Å². The van der Waals surface area contributed by atoms with Gasteiger partial charge in [-0.15, -0.1) is 0 Å². The van der Waals surface area contributed by atoms with E-state index in [2.05, 4.69) is 0 Å². The number of carbonyl (C=O) groups excluding carboxylic acids is 2. The molecule has 1 heterocycles. The summed E-state index contributed by atoms with van der Waals surface area (Å²) in [7, 11) is -2.68. The Hall–Kier alpha value is -4.15. The van der Waals surface area contributed by atoms with Gasteiger partial charge in [-0.05, 0) is 80.3 Å². The van der Waals surface area contributed by atoms with Crippen molar-refractivity contribution in [3.05, 3.63) is 96.2 Å². The van der Waals surface area contributed by atoms with E-state index in [0.717, 1.165) is 10.9 Å². The van der Waals surface area contributed by atoms with Crippen LogP contribution in [-0.4, -0.2) is 48.1 Å². The maximum absolute atomic E-state index is 14.2. The second kappa shape index (κ2) is 13.0. The van der Waals surface area contributed by atoms with Crippen LogP contribution in [0.4, 0.5) is 4.79 Å². The van der Waals surface area contributed by atoms with E-state index in [1.54, 1.807) is 77.2 Å². The van der Waals surface area contributed by atoms with Crippen molar-refractivity contribution < 1.29 is 32.2 Å². The predicted octanol–water partition coefficient (Wildman–Crippen LogP) is 6.39. The summed E-state index contributed by atoms with van der Waals surface area (Å²) >= 11 is 0. The topological polar surface area (TPSA) is 104 Å². The highest BCUT2D eigenvalue weighted by atomic mass is 32.2. The van der Waals surface area contributed by atoms with E-state index in [1.165, 1.54) is 28.1 Å². The molecule has 0 aliphatic carbocycles. The molecule has 1 unspecified atom stereocenters. The number of rotatable bonds is 10. The zero-order valence-electron chi connectivity index (χ0n) is 25.3. The van der Waals surface area contributed by atoms with E-state index >= 15 is 0 Å². The van der Waals surface area contributed by atoms with E-state index in [9.17, 15) is 18.0 Å². The van der Waals surface area contributed by atoms with E-state index in [1.807, 2.05) is 30.3 Å². The van der Waals surface area contributed by atoms with Crippen molar-refractivity contribution in [1.82, 2.24) is 8.87 Å². The third kappa shape index (κ3) is 7.63. The first-order chi connectivity index (χ1) is 20.3. The summed E-state index contributed by atoms with van der Waals surface area (Å²) in [6.07, 6.45) is 1.10. The molecule has 0 radical (unpaired) electrons. The molecule has 0 saturated carbocycles. The first-order valence-electron chi connectivity index (χ1n) is 14.0. The molecule has 0 bridgehead atoms. The van der Waals surface area contributed by atoms with Crippen LogP contribution in [0.3, 0.4) is 0 Å². The highest BCUT2D eigenvalue weighted by Crippen LogP contribution is 2.29. The molecule has 43 heavy (non-hydrogen) atoms. The molecule has 4 rings (SSSR count). The molecule has 0 spiro atoms. The number of ether oxygens (including phenoxy) is 3. The molecule has 0 aliphatic heterocycles. The molecular formula is C33H38N2O7S. The fourth-order valence-corrected chi connectivity index (χ4v) is 6.39. The average molecular weight is 607 g/mol. The normalized spacial score (nSPS) is 12.8. The summed E-state index contributed by atoms with van der Waals surface area (Å²) in [6, 6.07) is 21.2. The first-order valence-corrected chi connectivity index (χ1v) is 15.4. The van der Waals surface area contributed by atoms with Gasteiger partial charge < -0.3 is 14.2 Å². The number of benzene rings is 3. The van der Waals surface area contributed by atoms with Crippen molar-refractivity contribution >= 4 is 33.0 Å². The van der Waals surface area contributed by atoms with Crippen LogP contribution in [0.2, 0.25) is 0 Å². The fraction of sp³-hybridized carbons (Fsp3) is 0.333. The van der Waals surface area contributed by atoms with Crippen LogP contribution in [-0.2, 0) is 37.4 Å². The number of methoxy groups -OCH3 is 1. The van der Waals surface area contributed by atoms with Gasteiger partial charge in [-0.1, -0.05) is 50.2 Å². The third-order valence-corrected chi connectivity index (χ3v) is 8.60. The van der Waals surface area contributed by atoms with E-state index < -0.39 is 39.6 Å². The zero-order chi connectivity index (χ0) is 31.4. The second-order valence-corrected chi connectivity index (χ2v) is 13.5. The Morgan fingerprint density at radius 1 is 0.907 bits per heavy atom. The first kappa shape index (κ1) is 31.8. The van der Waals surface area contributed by atoms with Gasteiger partial charge in [0, 0.05) is 18.1 Å². The Balaban J connectivity index is 1.71. The Labute approximate surface area is 253 Å². The van der Waals surface area contributed by atoms with Crippen LogP contribution in [0.15, 0.2) is 90.0 Å². The van der Waals surface area contributed by atoms with Gasteiger partial charge in [0.1, 0.15) is 24.0 Å². The monoisotopic (exact) mass is 606 g/mol. The number of nitrogens with zero attached hydrogens (tertiary/aromatic N) is 2. The molecule has 0 saturated heterocycles. The number of aromatic nitrogens is 1. The zero-order valence-corrected chi connectivity index (χ0v) is 26.1. The van der Waals surface area contributed by atoms with Crippen LogP contribution in [0.1, 0.15) is 45.7 Å². The lowest BCUT2D eigenvalue weighted by Gasteiger charge is -2.32. The van der Waals surface area contributed by atoms with Crippen molar-refractivity contribution in [2.75, 3.05) is 7.11 Å². The van der Waals surface area contributed by atoms with Crippen molar-refractivity contribution in [1.29, 1.82) is 0 Å². The molecular weight excluding hydrogens is 568 g/mol. The number of hydrogen-bond donors (Lipinski definition) is 0. The molecule has 10 heteroatoms. The van der Waals surface area contributed by atoms with Crippen LogP contribution in [0.5, 0.6) is 5.75 Å². The van der Waals surface area contributed by atoms with E-state index in [0.29, 0.717) is 16.8 Å². The maximum Gasteiger partial charge on any atom is 0.418 e. The van der Waals surface area contributed by atoms with E-state index in [-0.39, 0.29) is 18.0 Å². The molecule has 0 fully saturated rings. The number of fused-ring (bicyclic) bond motifs is 1.